The van der Waals surface area contributed by atoms with Gasteiger partial charge in [0.25, 0.3) is 0 Å². The number of nitriles is 1. The van der Waals surface area contributed by atoms with Gasteiger partial charge in [0, 0.05) is 30.9 Å². The van der Waals surface area contributed by atoms with Crippen molar-refractivity contribution in [1.29, 1.82) is 5.26 Å². The van der Waals surface area contributed by atoms with Gasteiger partial charge in [-0.15, -0.1) is 0 Å². The molecule has 0 spiro atoms. The molecule has 1 aromatic carbocycles. The first kappa shape index (κ1) is 16.8. The summed E-state index contributed by atoms with van der Waals surface area (Å²) in [6.07, 6.45) is 3.44. The summed E-state index contributed by atoms with van der Waals surface area (Å²) in [6.45, 7) is 7.98. The summed E-state index contributed by atoms with van der Waals surface area (Å²) < 4.78 is 0. The molecule has 5 nitrogen and oxygen atoms in total. The number of anilines is 1. The number of nitrogens with zero attached hydrogens (tertiary/aromatic N) is 5. The van der Waals surface area contributed by atoms with Gasteiger partial charge in [0.05, 0.1) is 5.52 Å². The second-order valence-electron chi connectivity index (χ2n) is 7.30. The van der Waals surface area contributed by atoms with Crippen molar-refractivity contribution < 1.29 is 0 Å². The van der Waals surface area contributed by atoms with Crippen LogP contribution in [-0.4, -0.2) is 21.5 Å². The number of aromatic nitrogens is 3. The number of benzene rings is 1. The van der Waals surface area contributed by atoms with Crippen LogP contribution in [0.3, 0.4) is 0 Å². The quantitative estimate of drug-likeness (QED) is 0.724. The molecule has 0 N–H and O–H groups in total. The lowest BCUT2D eigenvalue weighted by atomic mass is 9.96. The first-order valence-electron chi connectivity index (χ1n) is 8.26. The fraction of sp³-hybridized carbons (Fsp3) is 0.300. The molecule has 2 heterocycles. The second kappa shape index (κ2) is 6.86. The van der Waals surface area contributed by atoms with Crippen LogP contribution in [0.2, 0.25) is 0 Å². The molecule has 3 rings (SSSR count). The maximum absolute atomic E-state index is 9.12. The molecule has 5 heteroatoms. The average molecular weight is 331 g/mol. The third-order valence-electron chi connectivity index (χ3n) is 3.75. The minimum Gasteiger partial charge on any atom is -0.336 e. The van der Waals surface area contributed by atoms with E-state index in [0.29, 0.717) is 18.2 Å². The molecule has 3 aromatic rings. The number of pyridine rings is 1. The summed E-state index contributed by atoms with van der Waals surface area (Å²) in [5.41, 5.74) is 2.56. The largest absolute Gasteiger partial charge is 0.336 e. The molecule has 0 radical (unpaired) electrons. The Hall–Kier alpha value is -3.00. The Morgan fingerprint density at radius 2 is 1.92 bits per heavy atom. The molecule has 0 unspecified atom stereocenters. The summed E-state index contributed by atoms with van der Waals surface area (Å²) >= 11 is 0. The van der Waals surface area contributed by atoms with Crippen molar-refractivity contribution in [3.63, 3.8) is 0 Å². The van der Waals surface area contributed by atoms with Gasteiger partial charge >= 0.3 is 0 Å². The van der Waals surface area contributed by atoms with Crippen LogP contribution >= 0.6 is 0 Å². The van der Waals surface area contributed by atoms with Crippen LogP contribution in [0.25, 0.3) is 10.9 Å². The van der Waals surface area contributed by atoms with E-state index in [1.165, 1.54) is 0 Å². The van der Waals surface area contributed by atoms with E-state index in [4.69, 9.17) is 5.26 Å². The normalized spacial score (nSPS) is 11.3. The zero-order valence-corrected chi connectivity index (χ0v) is 14.8. The molecule has 0 atom stereocenters. The van der Waals surface area contributed by atoms with Gasteiger partial charge in [0.15, 0.2) is 0 Å². The van der Waals surface area contributed by atoms with Gasteiger partial charge in [-0.05, 0) is 29.2 Å². The summed E-state index contributed by atoms with van der Waals surface area (Å²) in [6, 6.07) is 14.0. The number of fused-ring (bicyclic) bond motifs is 1. The molecule has 25 heavy (non-hydrogen) atoms. The van der Waals surface area contributed by atoms with Gasteiger partial charge in [-0.25, -0.2) is 9.97 Å². The molecule has 126 valence electrons. The summed E-state index contributed by atoms with van der Waals surface area (Å²) in [5, 5.41) is 10.2. The van der Waals surface area contributed by atoms with E-state index in [1.54, 1.807) is 18.5 Å². The van der Waals surface area contributed by atoms with Gasteiger partial charge < -0.3 is 4.90 Å². The number of hydrogen-bond acceptors (Lipinski definition) is 5. The Bertz CT molecular complexity index is 921. The van der Waals surface area contributed by atoms with E-state index < -0.39 is 0 Å². The highest BCUT2D eigenvalue weighted by molar-refractivity contribution is 5.78. The van der Waals surface area contributed by atoms with Crippen molar-refractivity contribution >= 4 is 16.9 Å². The highest BCUT2D eigenvalue weighted by Crippen LogP contribution is 2.22. The molecule has 0 amide bonds. The third kappa shape index (κ3) is 4.30. The fourth-order valence-electron chi connectivity index (χ4n) is 2.76. The van der Waals surface area contributed by atoms with Crippen molar-refractivity contribution in [3.8, 4) is 6.07 Å². The highest BCUT2D eigenvalue weighted by Gasteiger charge is 2.19. The zero-order chi connectivity index (χ0) is 17.9. The van der Waals surface area contributed by atoms with Crippen LogP contribution in [0, 0.1) is 16.7 Å². The van der Waals surface area contributed by atoms with E-state index in [1.807, 2.05) is 6.07 Å². The van der Waals surface area contributed by atoms with Crippen molar-refractivity contribution in [2.75, 3.05) is 11.4 Å². The number of rotatable bonds is 4. The maximum atomic E-state index is 9.12. The van der Waals surface area contributed by atoms with Crippen molar-refractivity contribution in [1.82, 2.24) is 15.0 Å². The minimum absolute atomic E-state index is 0.0705. The highest BCUT2D eigenvalue weighted by atomic mass is 15.2. The van der Waals surface area contributed by atoms with E-state index in [-0.39, 0.29) is 5.41 Å². The first-order chi connectivity index (χ1) is 11.9. The lowest BCUT2D eigenvalue weighted by Gasteiger charge is -2.30. The Kier molecular flexibility index (Phi) is 4.62. The molecule has 0 bridgehead atoms. The molecule has 0 aliphatic heterocycles. The monoisotopic (exact) mass is 331 g/mol. The number of hydrogen-bond donors (Lipinski definition) is 0. The van der Waals surface area contributed by atoms with Crippen LogP contribution in [-0.2, 0) is 6.54 Å². The van der Waals surface area contributed by atoms with E-state index in [9.17, 15) is 0 Å². The Morgan fingerprint density at radius 1 is 1.08 bits per heavy atom. The first-order valence-corrected chi connectivity index (χ1v) is 8.26. The Balaban J connectivity index is 1.94. The van der Waals surface area contributed by atoms with E-state index in [0.717, 1.165) is 23.0 Å². The second-order valence-corrected chi connectivity index (χ2v) is 7.30. The lowest BCUT2D eigenvalue weighted by Crippen LogP contribution is -2.33. The molecule has 0 aliphatic carbocycles. The molecule has 0 saturated heterocycles. The Labute approximate surface area is 148 Å². The molecule has 0 saturated carbocycles. The summed E-state index contributed by atoms with van der Waals surface area (Å²) in [5.74, 6) is 0.579. The van der Waals surface area contributed by atoms with Crippen molar-refractivity contribution in [2.45, 2.75) is 27.3 Å². The summed E-state index contributed by atoms with van der Waals surface area (Å²) in [7, 11) is 0. The third-order valence-corrected chi connectivity index (χ3v) is 3.75. The van der Waals surface area contributed by atoms with Crippen LogP contribution in [0.15, 0.2) is 48.8 Å². The van der Waals surface area contributed by atoms with E-state index >= 15 is 0 Å². The van der Waals surface area contributed by atoms with Gasteiger partial charge in [-0.3, -0.25) is 4.98 Å². The molecular weight excluding hydrogens is 310 g/mol. The lowest BCUT2D eigenvalue weighted by molar-refractivity contribution is 0.406. The molecule has 2 aromatic heterocycles. The molecule has 0 aliphatic rings. The van der Waals surface area contributed by atoms with Crippen molar-refractivity contribution in [3.05, 3.63) is 60.0 Å². The zero-order valence-electron chi connectivity index (χ0n) is 14.8. The maximum Gasteiger partial charge on any atom is 0.226 e. The molecule has 0 fully saturated rings. The van der Waals surface area contributed by atoms with Gasteiger partial charge in [0.2, 0.25) is 5.95 Å². The smallest absolute Gasteiger partial charge is 0.226 e. The fourth-order valence-corrected chi connectivity index (χ4v) is 2.76. The minimum atomic E-state index is 0.0705. The van der Waals surface area contributed by atoms with Crippen molar-refractivity contribution in [2.24, 2.45) is 5.41 Å². The SMILES string of the molecule is CC(C)(C)CN(Cc1ccc2cccnc2c1)c1nccc(C#N)n1. The average Bonchev–Trinajstić information content (AvgIpc) is 2.60. The van der Waals surface area contributed by atoms with Gasteiger partial charge in [0.1, 0.15) is 11.8 Å². The van der Waals surface area contributed by atoms with Crippen LogP contribution in [0.5, 0.6) is 0 Å². The van der Waals surface area contributed by atoms with Crippen LogP contribution in [0.1, 0.15) is 32.0 Å². The van der Waals surface area contributed by atoms with E-state index in [2.05, 4.69) is 71.0 Å². The van der Waals surface area contributed by atoms with Gasteiger partial charge in [-0.1, -0.05) is 39.0 Å². The molecular formula is C20H21N5. The topological polar surface area (TPSA) is 65.7 Å². The van der Waals surface area contributed by atoms with Crippen LogP contribution < -0.4 is 4.90 Å². The predicted octanol–water partition coefficient (Wildman–Crippen LogP) is 3.95. The standard InChI is InChI=1S/C20H21N5/c1-20(2,3)14-25(19-23-10-8-17(12-21)24-19)13-15-6-7-16-5-4-9-22-18(16)11-15/h4-11H,13-14H2,1-3H3. The Morgan fingerprint density at radius 3 is 2.68 bits per heavy atom. The summed E-state index contributed by atoms with van der Waals surface area (Å²) in [4.78, 5) is 15.3. The predicted molar refractivity (Wildman–Crippen MR) is 99.0 cm³/mol. The van der Waals surface area contributed by atoms with Crippen LogP contribution in [0.4, 0.5) is 5.95 Å². The van der Waals surface area contributed by atoms with Gasteiger partial charge in [-0.2, -0.15) is 5.26 Å².